The van der Waals surface area contributed by atoms with Gasteiger partial charge in [-0.1, -0.05) is 0 Å². The van der Waals surface area contributed by atoms with E-state index in [2.05, 4.69) is 0 Å². The molecule has 58 valence electrons. The molecule has 0 heterocycles. The zero-order valence-electron chi connectivity index (χ0n) is 5.89. The molecule has 2 N–H and O–H groups in total. The van der Waals surface area contributed by atoms with Crippen LogP contribution in [0.3, 0.4) is 0 Å². The van der Waals surface area contributed by atoms with Gasteiger partial charge in [0.05, 0.1) is 5.04 Å². The summed E-state index contributed by atoms with van der Waals surface area (Å²) in [4.78, 5) is 9.98. The lowest BCUT2D eigenvalue weighted by Gasteiger charge is -1.94. The van der Waals surface area contributed by atoms with Crippen molar-refractivity contribution < 1.29 is 9.90 Å². The first-order valence-corrected chi connectivity index (χ1v) is 4.01. The third-order valence-corrected chi connectivity index (χ3v) is 1.78. The van der Waals surface area contributed by atoms with E-state index in [0.29, 0.717) is 11.5 Å². The fourth-order valence-corrected chi connectivity index (χ4v) is 1.04. The number of hydrogen-bond acceptors (Lipinski definition) is 3. The topological polar surface area (TPSA) is 61.2 Å². The standard InChI is InChI=1S/C6H11NO2S/c1-5(7)10-4-2-3-6(8)9/h7H,2-4H2,1H3,(H,8,9). The van der Waals surface area contributed by atoms with Gasteiger partial charge >= 0.3 is 5.97 Å². The van der Waals surface area contributed by atoms with Crippen LogP contribution >= 0.6 is 11.8 Å². The van der Waals surface area contributed by atoms with E-state index in [9.17, 15) is 4.79 Å². The van der Waals surface area contributed by atoms with Crippen LogP contribution in [-0.2, 0) is 4.79 Å². The molecule has 0 aromatic rings. The molecule has 0 amide bonds. The van der Waals surface area contributed by atoms with Gasteiger partial charge in [0, 0.05) is 6.42 Å². The van der Waals surface area contributed by atoms with Crippen LogP contribution in [0.25, 0.3) is 0 Å². The summed E-state index contributed by atoms with van der Waals surface area (Å²) in [5.41, 5.74) is 0. The Kier molecular flexibility index (Phi) is 5.02. The molecule has 0 rings (SSSR count). The first-order valence-electron chi connectivity index (χ1n) is 3.02. The molecule has 0 spiro atoms. The number of rotatable bonds is 4. The second-order valence-corrected chi connectivity index (χ2v) is 3.21. The largest absolute Gasteiger partial charge is 0.481 e. The molecule has 3 nitrogen and oxygen atoms in total. The summed E-state index contributed by atoms with van der Waals surface area (Å²) < 4.78 is 0. The van der Waals surface area contributed by atoms with E-state index in [1.54, 1.807) is 6.92 Å². The number of thioether (sulfide) groups is 1. The highest BCUT2D eigenvalue weighted by Crippen LogP contribution is 2.04. The second kappa shape index (κ2) is 5.29. The van der Waals surface area contributed by atoms with E-state index in [-0.39, 0.29) is 6.42 Å². The molecule has 0 aliphatic carbocycles. The van der Waals surface area contributed by atoms with E-state index >= 15 is 0 Å². The minimum Gasteiger partial charge on any atom is -0.481 e. The third-order valence-electron chi connectivity index (χ3n) is 0.854. The first kappa shape index (κ1) is 9.49. The molecule has 0 saturated heterocycles. The Labute approximate surface area is 64.3 Å². The van der Waals surface area contributed by atoms with Crippen molar-refractivity contribution >= 4 is 22.8 Å². The van der Waals surface area contributed by atoms with Crippen molar-refractivity contribution in [2.24, 2.45) is 0 Å². The van der Waals surface area contributed by atoms with Crippen LogP contribution in [0.4, 0.5) is 0 Å². The second-order valence-electron chi connectivity index (χ2n) is 1.90. The highest BCUT2D eigenvalue weighted by Gasteiger charge is 1.96. The normalized spacial score (nSPS) is 9.30. The molecule has 0 aliphatic heterocycles. The van der Waals surface area contributed by atoms with Gasteiger partial charge in [-0.25, -0.2) is 0 Å². The quantitative estimate of drug-likeness (QED) is 0.374. The molecular formula is C6H11NO2S. The van der Waals surface area contributed by atoms with Crippen LogP contribution in [0.15, 0.2) is 0 Å². The molecule has 0 saturated carbocycles. The van der Waals surface area contributed by atoms with Crippen molar-refractivity contribution in [2.75, 3.05) is 5.75 Å². The van der Waals surface area contributed by atoms with Crippen LogP contribution in [0.2, 0.25) is 0 Å². The molecule has 0 aliphatic rings. The Balaban J connectivity index is 3.06. The average Bonchev–Trinajstić information content (AvgIpc) is 1.79. The van der Waals surface area contributed by atoms with Crippen molar-refractivity contribution in [3.05, 3.63) is 0 Å². The van der Waals surface area contributed by atoms with Crippen LogP contribution in [0.1, 0.15) is 19.8 Å². The Morgan fingerprint density at radius 2 is 2.30 bits per heavy atom. The highest BCUT2D eigenvalue weighted by atomic mass is 32.2. The Morgan fingerprint density at radius 3 is 2.70 bits per heavy atom. The van der Waals surface area contributed by atoms with Crippen LogP contribution in [0.5, 0.6) is 0 Å². The van der Waals surface area contributed by atoms with E-state index in [1.165, 1.54) is 11.8 Å². The summed E-state index contributed by atoms with van der Waals surface area (Å²) in [7, 11) is 0. The lowest BCUT2D eigenvalue weighted by atomic mass is 10.3. The molecule has 0 aromatic heterocycles. The van der Waals surface area contributed by atoms with E-state index in [0.717, 1.165) is 5.75 Å². The monoisotopic (exact) mass is 161 g/mol. The number of carboxylic acids is 1. The Hall–Kier alpha value is -0.510. The lowest BCUT2D eigenvalue weighted by Crippen LogP contribution is -1.95. The molecule has 0 fully saturated rings. The summed E-state index contributed by atoms with van der Waals surface area (Å²) in [6, 6.07) is 0. The molecule has 10 heavy (non-hydrogen) atoms. The smallest absolute Gasteiger partial charge is 0.303 e. The fourth-order valence-electron chi connectivity index (χ4n) is 0.449. The maximum Gasteiger partial charge on any atom is 0.303 e. The average molecular weight is 161 g/mol. The van der Waals surface area contributed by atoms with Crippen LogP contribution in [-0.4, -0.2) is 21.9 Å². The number of carboxylic acid groups (broad SMARTS) is 1. The van der Waals surface area contributed by atoms with E-state index in [1.807, 2.05) is 0 Å². The molecular weight excluding hydrogens is 150 g/mol. The summed E-state index contributed by atoms with van der Waals surface area (Å²) in [6.07, 6.45) is 0.858. The Bertz CT molecular complexity index is 120. The van der Waals surface area contributed by atoms with Gasteiger partial charge < -0.3 is 5.11 Å². The fraction of sp³-hybridized carbons (Fsp3) is 0.667. The maximum absolute atomic E-state index is 9.98. The minimum atomic E-state index is -0.761. The van der Waals surface area contributed by atoms with E-state index in [4.69, 9.17) is 10.5 Å². The highest BCUT2D eigenvalue weighted by molar-refractivity contribution is 8.13. The molecule has 0 aromatic carbocycles. The summed E-state index contributed by atoms with van der Waals surface area (Å²) in [5.74, 6) is -0.0232. The van der Waals surface area contributed by atoms with Gasteiger partial charge in [0.1, 0.15) is 0 Å². The molecule has 0 unspecified atom stereocenters. The van der Waals surface area contributed by atoms with Crippen LogP contribution < -0.4 is 0 Å². The van der Waals surface area contributed by atoms with Gasteiger partial charge in [0.25, 0.3) is 0 Å². The van der Waals surface area contributed by atoms with Crippen molar-refractivity contribution in [3.8, 4) is 0 Å². The lowest BCUT2D eigenvalue weighted by molar-refractivity contribution is -0.137. The molecule has 0 atom stereocenters. The minimum absolute atomic E-state index is 0.209. The van der Waals surface area contributed by atoms with Gasteiger partial charge in [-0.05, 0) is 19.1 Å². The van der Waals surface area contributed by atoms with Crippen molar-refractivity contribution in [3.63, 3.8) is 0 Å². The predicted molar refractivity (Wildman–Crippen MR) is 42.7 cm³/mol. The van der Waals surface area contributed by atoms with Crippen LogP contribution in [0, 0.1) is 5.41 Å². The first-order chi connectivity index (χ1) is 4.63. The molecule has 0 bridgehead atoms. The van der Waals surface area contributed by atoms with Gasteiger partial charge in [0.15, 0.2) is 0 Å². The summed E-state index contributed by atoms with van der Waals surface area (Å²) >= 11 is 1.39. The van der Waals surface area contributed by atoms with Gasteiger partial charge in [-0.3, -0.25) is 10.2 Å². The third kappa shape index (κ3) is 7.49. The van der Waals surface area contributed by atoms with Crippen molar-refractivity contribution in [2.45, 2.75) is 19.8 Å². The Morgan fingerprint density at radius 1 is 1.70 bits per heavy atom. The number of hydrogen-bond donors (Lipinski definition) is 2. The number of nitrogens with one attached hydrogen (secondary N) is 1. The van der Waals surface area contributed by atoms with Gasteiger partial charge in [0.2, 0.25) is 0 Å². The SMILES string of the molecule is CC(=N)SCCCC(=O)O. The zero-order valence-corrected chi connectivity index (χ0v) is 6.70. The predicted octanol–water partition coefficient (Wildman–Crippen LogP) is 1.58. The van der Waals surface area contributed by atoms with E-state index < -0.39 is 5.97 Å². The van der Waals surface area contributed by atoms with Gasteiger partial charge in [-0.2, -0.15) is 0 Å². The molecule has 0 radical (unpaired) electrons. The summed E-state index contributed by atoms with van der Waals surface area (Å²) in [6.45, 7) is 1.70. The maximum atomic E-state index is 9.98. The van der Waals surface area contributed by atoms with Gasteiger partial charge in [-0.15, -0.1) is 11.8 Å². The van der Waals surface area contributed by atoms with Crippen molar-refractivity contribution in [1.29, 1.82) is 5.41 Å². The zero-order chi connectivity index (χ0) is 7.98. The molecule has 4 heteroatoms. The number of aliphatic carboxylic acids is 1. The summed E-state index contributed by atoms with van der Waals surface area (Å²) in [5, 5.41) is 15.8. The van der Waals surface area contributed by atoms with Crippen molar-refractivity contribution in [1.82, 2.24) is 0 Å². The number of carbonyl (C=O) groups is 1.